The molecule has 2 aromatic heterocycles. The number of rotatable bonds is 4. The van der Waals surface area contributed by atoms with Gasteiger partial charge in [0.1, 0.15) is 5.75 Å². The fraction of sp³-hybridized carbons (Fsp3) is 0.333. The number of fused-ring (bicyclic) bond motifs is 1. The molecule has 0 aliphatic carbocycles. The number of methoxy groups -OCH3 is 1. The number of hydrogen-bond donors (Lipinski definition) is 0. The minimum atomic E-state index is 0.00367. The van der Waals surface area contributed by atoms with Crippen molar-refractivity contribution in [3.8, 4) is 5.75 Å². The van der Waals surface area contributed by atoms with Crippen LogP contribution in [0.3, 0.4) is 0 Å². The number of likely N-dealkylation sites (tertiary alicyclic amines) is 1. The maximum absolute atomic E-state index is 13.1. The zero-order valence-electron chi connectivity index (χ0n) is 15.7. The van der Waals surface area contributed by atoms with E-state index in [1.54, 1.807) is 19.3 Å². The highest BCUT2D eigenvalue weighted by atomic mass is 35.5. The molecule has 1 saturated heterocycles. The average Bonchev–Trinajstić information content (AvgIpc) is 3.17. The Morgan fingerprint density at radius 3 is 2.89 bits per heavy atom. The van der Waals surface area contributed by atoms with Gasteiger partial charge < -0.3 is 9.64 Å². The molecule has 146 valence electrons. The van der Waals surface area contributed by atoms with Crippen LogP contribution in [0.2, 0.25) is 5.15 Å². The van der Waals surface area contributed by atoms with Crippen LogP contribution in [0.1, 0.15) is 43.0 Å². The lowest BCUT2D eigenvalue weighted by Crippen LogP contribution is -2.33. The van der Waals surface area contributed by atoms with Gasteiger partial charge in [-0.3, -0.25) is 9.20 Å². The molecule has 5 nitrogen and oxygen atoms in total. The zero-order chi connectivity index (χ0) is 19.5. The van der Waals surface area contributed by atoms with Gasteiger partial charge in [-0.25, -0.2) is 4.98 Å². The van der Waals surface area contributed by atoms with Gasteiger partial charge in [-0.05, 0) is 36.6 Å². The Morgan fingerprint density at radius 2 is 2.11 bits per heavy atom. The molecule has 1 aromatic carbocycles. The Morgan fingerprint density at radius 1 is 1.29 bits per heavy atom. The second-order valence-corrected chi connectivity index (χ2v) is 8.08. The van der Waals surface area contributed by atoms with E-state index in [4.69, 9.17) is 16.3 Å². The third kappa shape index (κ3) is 3.80. The van der Waals surface area contributed by atoms with Crippen LogP contribution >= 0.6 is 22.9 Å². The predicted octanol–water partition coefficient (Wildman–Crippen LogP) is 5.21. The van der Waals surface area contributed by atoms with Crippen molar-refractivity contribution in [2.24, 2.45) is 0 Å². The van der Waals surface area contributed by atoms with Gasteiger partial charge in [-0.2, -0.15) is 0 Å². The molecule has 28 heavy (non-hydrogen) atoms. The van der Waals surface area contributed by atoms with E-state index in [-0.39, 0.29) is 11.9 Å². The number of halogens is 1. The molecule has 1 aliphatic heterocycles. The second-order valence-electron chi connectivity index (χ2n) is 6.85. The molecule has 3 aromatic rings. The van der Waals surface area contributed by atoms with Gasteiger partial charge in [0, 0.05) is 24.2 Å². The number of thiazole rings is 1. The van der Waals surface area contributed by atoms with E-state index in [1.807, 2.05) is 33.0 Å². The van der Waals surface area contributed by atoms with Crippen molar-refractivity contribution in [1.82, 2.24) is 14.3 Å². The predicted molar refractivity (Wildman–Crippen MR) is 113 cm³/mol. The summed E-state index contributed by atoms with van der Waals surface area (Å²) >= 11 is 7.76. The molecule has 0 radical (unpaired) electrons. The second kappa shape index (κ2) is 8.37. The minimum Gasteiger partial charge on any atom is -0.497 e. The average molecular weight is 416 g/mol. The van der Waals surface area contributed by atoms with E-state index < -0.39 is 0 Å². The number of carbonyl (C=O) groups excluding carboxylic acids is 1. The summed E-state index contributed by atoms with van der Waals surface area (Å²) in [6, 6.07) is 8.10. The molecule has 0 saturated carbocycles. The van der Waals surface area contributed by atoms with E-state index in [0.717, 1.165) is 54.2 Å². The zero-order valence-corrected chi connectivity index (χ0v) is 17.2. The van der Waals surface area contributed by atoms with Crippen LogP contribution in [0.4, 0.5) is 0 Å². The minimum absolute atomic E-state index is 0.00367. The van der Waals surface area contributed by atoms with Crippen LogP contribution < -0.4 is 4.74 Å². The maximum atomic E-state index is 13.1. The number of aromatic nitrogens is 2. The number of imidazole rings is 1. The van der Waals surface area contributed by atoms with Gasteiger partial charge in [-0.1, -0.05) is 36.6 Å². The molecule has 0 spiro atoms. The first kappa shape index (κ1) is 19.0. The molecule has 7 heteroatoms. The van der Waals surface area contributed by atoms with Crippen LogP contribution in [0.25, 0.3) is 11.0 Å². The van der Waals surface area contributed by atoms with Crippen molar-refractivity contribution in [3.05, 3.63) is 58.3 Å². The van der Waals surface area contributed by atoms with Crippen LogP contribution in [0.15, 0.2) is 41.9 Å². The summed E-state index contributed by atoms with van der Waals surface area (Å²) < 4.78 is 7.17. The molecule has 0 N–H and O–H groups in total. The SMILES string of the molecule is COc1ccc([C@@H]2CCCCCN2C(=O)/C=C/c2c(Cl)nc3sccn23)cc1. The molecule has 3 heterocycles. The number of ether oxygens (including phenoxy) is 1. The first-order valence-corrected chi connectivity index (χ1v) is 10.7. The summed E-state index contributed by atoms with van der Waals surface area (Å²) in [5.41, 5.74) is 1.88. The van der Waals surface area contributed by atoms with E-state index >= 15 is 0 Å². The number of carbonyl (C=O) groups is 1. The van der Waals surface area contributed by atoms with E-state index in [1.165, 1.54) is 11.3 Å². The Labute approximate surface area is 173 Å². The summed E-state index contributed by atoms with van der Waals surface area (Å²) in [6.45, 7) is 0.758. The smallest absolute Gasteiger partial charge is 0.247 e. The van der Waals surface area contributed by atoms with Crippen molar-refractivity contribution in [3.63, 3.8) is 0 Å². The van der Waals surface area contributed by atoms with Crippen molar-refractivity contribution in [2.75, 3.05) is 13.7 Å². The number of hydrogen-bond acceptors (Lipinski definition) is 4. The van der Waals surface area contributed by atoms with Crippen LogP contribution in [-0.2, 0) is 4.79 Å². The lowest BCUT2D eigenvalue weighted by Gasteiger charge is -2.29. The molecule has 4 rings (SSSR count). The number of benzene rings is 1. The van der Waals surface area contributed by atoms with Gasteiger partial charge in [0.25, 0.3) is 0 Å². The molecular weight excluding hydrogens is 394 g/mol. The van der Waals surface area contributed by atoms with Gasteiger partial charge in [-0.15, -0.1) is 11.3 Å². The van der Waals surface area contributed by atoms with Crippen LogP contribution in [0, 0.1) is 0 Å². The molecule has 0 bridgehead atoms. The fourth-order valence-electron chi connectivity index (χ4n) is 3.72. The van der Waals surface area contributed by atoms with Crippen molar-refractivity contribution in [1.29, 1.82) is 0 Å². The lowest BCUT2D eigenvalue weighted by molar-refractivity contribution is -0.128. The van der Waals surface area contributed by atoms with Gasteiger partial charge in [0.15, 0.2) is 10.1 Å². The third-order valence-electron chi connectivity index (χ3n) is 5.17. The van der Waals surface area contributed by atoms with E-state index in [2.05, 4.69) is 17.1 Å². The highest BCUT2D eigenvalue weighted by Gasteiger charge is 2.25. The molecule has 1 fully saturated rings. The topological polar surface area (TPSA) is 46.8 Å². The molecule has 1 aliphatic rings. The van der Waals surface area contributed by atoms with Crippen LogP contribution in [0.5, 0.6) is 5.75 Å². The normalized spacial score (nSPS) is 17.9. The summed E-state index contributed by atoms with van der Waals surface area (Å²) in [7, 11) is 1.66. The molecule has 0 unspecified atom stereocenters. The summed E-state index contributed by atoms with van der Waals surface area (Å²) in [5.74, 6) is 0.828. The summed E-state index contributed by atoms with van der Waals surface area (Å²) in [6.07, 6.45) is 9.55. The Bertz CT molecular complexity index is 993. The first-order chi connectivity index (χ1) is 13.7. The van der Waals surface area contributed by atoms with Crippen molar-refractivity contribution < 1.29 is 9.53 Å². The number of nitrogens with zero attached hydrogens (tertiary/aromatic N) is 3. The monoisotopic (exact) mass is 415 g/mol. The lowest BCUT2D eigenvalue weighted by atomic mass is 10.0. The van der Waals surface area contributed by atoms with Gasteiger partial charge >= 0.3 is 0 Å². The fourth-order valence-corrected chi connectivity index (χ4v) is 4.72. The van der Waals surface area contributed by atoms with Gasteiger partial charge in [0.2, 0.25) is 5.91 Å². The number of amides is 1. The third-order valence-corrected chi connectivity index (χ3v) is 6.21. The Kier molecular flexibility index (Phi) is 5.69. The first-order valence-electron chi connectivity index (χ1n) is 9.41. The Hall–Kier alpha value is -2.31. The standard InChI is InChI=1S/C21H22ClN3O2S/c1-27-16-8-6-15(7-9-16)17-5-3-2-4-12-24(17)19(26)11-10-18-20(22)23-21-25(18)13-14-28-21/h6-11,13-14,17H,2-5,12H2,1H3/b11-10+/t17-/m0/s1. The summed E-state index contributed by atoms with van der Waals surface area (Å²) in [5, 5.41) is 2.37. The van der Waals surface area contributed by atoms with Crippen molar-refractivity contribution >= 4 is 39.9 Å². The summed E-state index contributed by atoms with van der Waals surface area (Å²) in [4.78, 5) is 20.2. The molecule has 1 amide bonds. The Balaban J connectivity index is 1.59. The highest BCUT2D eigenvalue weighted by Crippen LogP contribution is 2.31. The van der Waals surface area contributed by atoms with Crippen LogP contribution in [-0.4, -0.2) is 33.8 Å². The highest BCUT2D eigenvalue weighted by molar-refractivity contribution is 7.15. The largest absolute Gasteiger partial charge is 0.497 e. The molecule has 1 atom stereocenters. The maximum Gasteiger partial charge on any atom is 0.247 e. The van der Waals surface area contributed by atoms with E-state index in [0.29, 0.717) is 5.15 Å². The van der Waals surface area contributed by atoms with E-state index in [9.17, 15) is 4.79 Å². The van der Waals surface area contributed by atoms with Crippen molar-refractivity contribution in [2.45, 2.75) is 31.7 Å². The van der Waals surface area contributed by atoms with Gasteiger partial charge in [0.05, 0.1) is 18.8 Å². The molecular formula is C21H22ClN3O2S. The quantitative estimate of drug-likeness (QED) is 0.549.